The van der Waals surface area contributed by atoms with Crippen LogP contribution in [-0.2, 0) is 4.74 Å². The Labute approximate surface area is 168 Å². The topological polar surface area (TPSA) is 89.3 Å². The second kappa shape index (κ2) is 6.42. The predicted octanol–water partition coefficient (Wildman–Crippen LogP) is 3.87. The lowest BCUT2D eigenvalue weighted by molar-refractivity contribution is 0.0554. The zero-order valence-electron chi connectivity index (χ0n) is 15.0. The number of carbonyl (C=O) groups is 1. The smallest absolute Gasteiger partial charge is 0.344 e. The van der Waals surface area contributed by atoms with Gasteiger partial charge in [-0.25, -0.2) is 14.8 Å². The number of aromatic amines is 1. The molecule has 2 aromatic carbocycles. The molecule has 0 unspecified atom stereocenters. The fourth-order valence-corrected chi connectivity index (χ4v) is 3.62. The van der Waals surface area contributed by atoms with Gasteiger partial charge in [-0.1, -0.05) is 36.4 Å². The van der Waals surface area contributed by atoms with Gasteiger partial charge in [0.25, 0.3) is 5.56 Å². The highest BCUT2D eigenvalue weighted by Gasteiger charge is 2.25. The molecule has 3 aromatic heterocycles. The molecule has 0 saturated heterocycles. The number of aromatic nitrogens is 4. The van der Waals surface area contributed by atoms with Gasteiger partial charge in [0.2, 0.25) is 0 Å². The second-order valence-electron chi connectivity index (χ2n) is 6.45. The summed E-state index contributed by atoms with van der Waals surface area (Å²) in [5, 5.41) is 0.871. The first kappa shape index (κ1) is 17.4. The Hall–Kier alpha value is -3.71. The normalized spacial score (nSPS) is 11.5. The van der Waals surface area contributed by atoms with Crippen molar-refractivity contribution in [3.8, 4) is 0 Å². The fourth-order valence-electron chi connectivity index (χ4n) is 3.45. The Morgan fingerprint density at radius 2 is 1.97 bits per heavy atom. The number of benzene rings is 2. The van der Waals surface area contributed by atoms with Crippen LogP contribution in [-0.4, -0.2) is 31.9 Å². The average Bonchev–Trinajstić information content (AvgIpc) is 3.03. The molecule has 0 bridgehead atoms. The minimum Gasteiger partial charge on any atom is -0.458 e. The van der Waals surface area contributed by atoms with E-state index in [0.717, 1.165) is 0 Å². The van der Waals surface area contributed by atoms with Gasteiger partial charge in [-0.05, 0) is 30.3 Å². The summed E-state index contributed by atoms with van der Waals surface area (Å²) in [5.41, 5.74) is 2.60. The molecule has 0 aliphatic heterocycles. The third kappa shape index (κ3) is 2.59. The van der Waals surface area contributed by atoms with Crippen LogP contribution in [0.5, 0.6) is 0 Å². The van der Waals surface area contributed by atoms with Crippen molar-refractivity contribution in [1.29, 1.82) is 0 Å². The van der Waals surface area contributed by atoms with Crippen molar-refractivity contribution in [2.24, 2.45) is 0 Å². The lowest BCUT2D eigenvalue weighted by Gasteiger charge is -2.05. The first-order valence-electron chi connectivity index (χ1n) is 8.79. The number of carbonyl (C=O) groups excluding carboxylic acids is 1. The summed E-state index contributed by atoms with van der Waals surface area (Å²) >= 11 is 6.19. The monoisotopic (exact) mass is 404 g/mol. The van der Waals surface area contributed by atoms with Crippen molar-refractivity contribution >= 4 is 56.3 Å². The van der Waals surface area contributed by atoms with Crippen LogP contribution in [0.4, 0.5) is 0 Å². The number of nitrogens with one attached hydrogen (secondary N) is 1. The van der Waals surface area contributed by atoms with Crippen LogP contribution < -0.4 is 5.56 Å². The molecular formula is C21H13ClN4O3. The molecule has 0 spiro atoms. The van der Waals surface area contributed by atoms with Crippen LogP contribution in [0.25, 0.3) is 38.7 Å². The summed E-state index contributed by atoms with van der Waals surface area (Å²) in [6, 6.07) is 12.3. The van der Waals surface area contributed by atoms with Crippen LogP contribution in [0.2, 0.25) is 5.02 Å². The third-order valence-electron chi connectivity index (χ3n) is 4.67. The number of rotatable bonds is 3. The highest BCUT2D eigenvalue weighted by Crippen LogP contribution is 2.29. The van der Waals surface area contributed by atoms with Crippen molar-refractivity contribution in [1.82, 2.24) is 19.4 Å². The summed E-state index contributed by atoms with van der Waals surface area (Å²) in [5.74, 6) is -0.626. The molecule has 5 aromatic rings. The number of fused-ring (bicyclic) bond motifs is 6. The molecule has 142 valence electrons. The Kier molecular flexibility index (Phi) is 3.85. The summed E-state index contributed by atoms with van der Waals surface area (Å²) < 4.78 is 6.94. The van der Waals surface area contributed by atoms with Crippen LogP contribution in [0.1, 0.15) is 10.4 Å². The van der Waals surface area contributed by atoms with Crippen molar-refractivity contribution in [3.05, 3.63) is 76.1 Å². The highest BCUT2D eigenvalue weighted by molar-refractivity contribution is 6.31. The van der Waals surface area contributed by atoms with Crippen LogP contribution in [0.15, 0.2) is 59.9 Å². The molecule has 29 heavy (non-hydrogen) atoms. The number of H-pyrrole nitrogens is 1. The fraction of sp³-hybridized carbons (Fsp3) is 0.0476. The lowest BCUT2D eigenvalue weighted by Crippen LogP contribution is -2.12. The average molecular weight is 405 g/mol. The van der Waals surface area contributed by atoms with Crippen LogP contribution in [0.3, 0.4) is 0 Å². The zero-order chi connectivity index (χ0) is 20.1. The number of hydrogen-bond donors (Lipinski definition) is 1. The van der Waals surface area contributed by atoms with E-state index in [1.54, 1.807) is 28.7 Å². The van der Waals surface area contributed by atoms with E-state index in [4.69, 9.17) is 21.3 Å². The molecule has 3 heterocycles. The Morgan fingerprint density at radius 1 is 1.21 bits per heavy atom. The van der Waals surface area contributed by atoms with Crippen molar-refractivity contribution < 1.29 is 9.53 Å². The van der Waals surface area contributed by atoms with Gasteiger partial charge < -0.3 is 9.72 Å². The first-order valence-corrected chi connectivity index (χ1v) is 9.17. The lowest BCUT2D eigenvalue weighted by atomic mass is 10.2. The number of halogens is 1. The van der Waals surface area contributed by atoms with Crippen LogP contribution in [0, 0.1) is 0 Å². The number of para-hydroxylation sites is 2. The van der Waals surface area contributed by atoms with E-state index in [-0.39, 0.29) is 23.4 Å². The SMILES string of the molecule is C=CCOC(=O)c1c2nc3ccccc3nc2n2c1[nH]c(=O)c1ccc(Cl)cc12. The van der Waals surface area contributed by atoms with Gasteiger partial charge >= 0.3 is 5.97 Å². The molecule has 0 fully saturated rings. The molecule has 0 radical (unpaired) electrons. The van der Waals surface area contributed by atoms with E-state index in [0.29, 0.717) is 38.1 Å². The van der Waals surface area contributed by atoms with Crippen LogP contribution >= 0.6 is 11.6 Å². The second-order valence-corrected chi connectivity index (χ2v) is 6.88. The summed E-state index contributed by atoms with van der Waals surface area (Å²) in [6.45, 7) is 3.59. The van der Waals surface area contributed by atoms with Gasteiger partial charge in [0.15, 0.2) is 5.65 Å². The highest BCUT2D eigenvalue weighted by atomic mass is 35.5. The molecule has 0 atom stereocenters. The maximum Gasteiger partial charge on any atom is 0.344 e. The quantitative estimate of drug-likeness (QED) is 0.364. The maximum atomic E-state index is 12.8. The van der Waals surface area contributed by atoms with Gasteiger partial charge in [0.05, 0.1) is 21.9 Å². The first-order chi connectivity index (χ1) is 14.1. The van der Waals surface area contributed by atoms with E-state index < -0.39 is 5.97 Å². The minimum atomic E-state index is -0.626. The van der Waals surface area contributed by atoms with Crippen molar-refractivity contribution in [2.75, 3.05) is 6.61 Å². The third-order valence-corrected chi connectivity index (χ3v) is 4.91. The summed E-state index contributed by atoms with van der Waals surface area (Å²) in [6.07, 6.45) is 1.47. The molecule has 0 aliphatic rings. The van der Waals surface area contributed by atoms with Crippen molar-refractivity contribution in [2.45, 2.75) is 0 Å². The van der Waals surface area contributed by atoms with Crippen molar-refractivity contribution in [3.63, 3.8) is 0 Å². The molecular weight excluding hydrogens is 392 g/mol. The number of esters is 1. The zero-order valence-corrected chi connectivity index (χ0v) is 15.7. The molecule has 0 aliphatic carbocycles. The molecule has 8 heteroatoms. The van der Waals surface area contributed by atoms with E-state index in [9.17, 15) is 9.59 Å². The molecule has 1 N–H and O–H groups in total. The van der Waals surface area contributed by atoms with E-state index in [1.165, 1.54) is 6.08 Å². The van der Waals surface area contributed by atoms with Gasteiger partial charge in [-0.2, -0.15) is 0 Å². The van der Waals surface area contributed by atoms with Gasteiger partial charge in [0, 0.05) is 5.02 Å². The number of nitrogens with zero attached hydrogens (tertiary/aromatic N) is 3. The minimum absolute atomic E-state index is 0.0301. The van der Waals surface area contributed by atoms with Gasteiger partial charge in [0.1, 0.15) is 23.3 Å². The van der Waals surface area contributed by atoms with Gasteiger partial charge in [-0.15, -0.1) is 0 Å². The number of hydrogen-bond acceptors (Lipinski definition) is 5. The van der Waals surface area contributed by atoms with E-state index in [2.05, 4.69) is 16.5 Å². The summed E-state index contributed by atoms with van der Waals surface area (Å²) in [7, 11) is 0. The number of ether oxygens (including phenoxy) is 1. The molecule has 0 saturated carbocycles. The Balaban J connectivity index is 2.03. The molecule has 7 nitrogen and oxygen atoms in total. The largest absolute Gasteiger partial charge is 0.458 e. The Bertz CT molecular complexity index is 1530. The maximum absolute atomic E-state index is 12.8. The van der Waals surface area contributed by atoms with E-state index >= 15 is 0 Å². The van der Waals surface area contributed by atoms with E-state index in [1.807, 2.05) is 18.2 Å². The van der Waals surface area contributed by atoms with Gasteiger partial charge in [-0.3, -0.25) is 9.20 Å². The molecule has 5 rings (SSSR count). The standard InChI is InChI=1S/C21H13ClN4O3/c1-2-9-29-21(28)16-17-19(24-14-6-4-3-5-13(14)23-17)26-15-10-11(22)7-8-12(15)20(27)25-18(16)26/h2-8,10H,1,9H2,(H,25,27). The summed E-state index contributed by atoms with van der Waals surface area (Å²) in [4.78, 5) is 37.6. The predicted molar refractivity (Wildman–Crippen MR) is 112 cm³/mol. The Morgan fingerprint density at radius 3 is 2.72 bits per heavy atom. The molecule has 0 amide bonds.